The monoisotopic (exact) mass is 565 g/mol. The average molecular weight is 566 g/mol. The highest BCUT2D eigenvalue weighted by molar-refractivity contribution is 5.79. The molecule has 0 radical (unpaired) electrons. The van der Waals surface area contributed by atoms with E-state index in [1.54, 1.807) is 26.8 Å². The molecule has 0 aliphatic rings. The van der Waals surface area contributed by atoms with Gasteiger partial charge in [-0.25, -0.2) is 4.79 Å². The van der Waals surface area contributed by atoms with E-state index in [9.17, 15) is 24.3 Å². The van der Waals surface area contributed by atoms with Gasteiger partial charge in [0.2, 0.25) is 0 Å². The Labute approximate surface area is 238 Å². The third-order valence-corrected chi connectivity index (χ3v) is 6.83. The quantitative estimate of drug-likeness (QED) is 0.143. The van der Waals surface area contributed by atoms with Gasteiger partial charge < -0.3 is 29.4 Å². The third kappa shape index (κ3) is 12.4. The summed E-state index contributed by atoms with van der Waals surface area (Å²) in [5.41, 5.74) is 0.542. The molecule has 4 atom stereocenters. The van der Waals surface area contributed by atoms with E-state index in [0.717, 1.165) is 19.3 Å². The van der Waals surface area contributed by atoms with Crippen LogP contribution in [-0.2, 0) is 30.3 Å². The number of carbonyl (C=O) groups is 4. The zero-order valence-electron chi connectivity index (χ0n) is 25.2. The van der Waals surface area contributed by atoms with Crippen LogP contribution in [-0.4, -0.2) is 54.5 Å². The molecule has 226 valence electrons. The minimum atomic E-state index is -1.11. The highest BCUT2D eigenvalue weighted by Crippen LogP contribution is 2.31. The first-order valence-corrected chi connectivity index (χ1v) is 14.1. The molecule has 0 aliphatic carbocycles. The van der Waals surface area contributed by atoms with Crippen molar-refractivity contribution in [1.29, 1.82) is 0 Å². The normalized spacial score (nSPS) is 14.2. The number of carboxylic acids is 1. The van der Waals surface area contributed by atoms with E-state index < -0.39 is 42.1 Å². The molecule has 0 heterocycles. The number of nitrogens with one attached hydrogen (secondary N) is 1. The Bertz CT molecular complexity index is 976. The standard InChI is InChI=1S/C30H47NO9/c1-9-10-11-14-37-30(36)38-20(6)17-31-24(27(32)33)15-23-12-13-25(39-28(34)21(7)18(2)3)26(16-23)40-29(35)22(8)19(4)5/h12-13,16,18-22,24,31H,9-11,14-15,17H2,1-8H3,(H,32,33)/t20?,21?,22?,24-/m0/s1. The van der Waals surface area contributed by atoms with E-state index in [-0.39, 0.29) is 48.8 Å². The maximum atomic E-state index is 12.7. The van der Waals surface area contributed by atoms with Crippen LogP contribution < -0.4 is 14.8 Å². The fraction of sp³-hybridized carbons (Fsp3) is 0.667. The second-order valence-corrected chi connectivity index (χ2v) is 10.9. The molecule has 1 rings (SSSR count). The van der Waals surface area contributed by atoms with Crippen molar-refractivity contribution in [3.63, 3.8) is 0 Å². The number of carboxylic acid groups (broad SMARTS) is 1. The van der Waals surface area contributed by atoms with E-state index in [1.807, 2.05) is 34.6 Å². The summed E-state index contributed by atoms with van der Waals surface area (Å²) >= 11 is 0. The van der Waals surface area contributed by atoms with Crippen molar-refractivity contribution < 1.29 is 43.2 Å². The number of rotatable bonds is 17. The second kappa shape index (κ2) is 17.5. The fourth-order valence-corrected chi connectivity index (χ4v) is 3.33. The summed E-state index contributed by atoms with van der Waals surface area (Å²) in [6, 6.07) is 3.61. The van der Waals surface area contributed by atoms with Crippen LogP contribution in [0.1, 0.15) is 80.2 Å². The highest BCUT2D eigenvalue weighted by Gasteiger charge is 2.26. The maximum Gasteiger partial charge on any atom is 0.508 e. The van der Waals surface area contributed by atoms with Crippen LogP contribution in [0, 0.1) is 23.7 Å². The Hall–Kier alpha value is -3.14. The number of esters is 2. The van der Waals surface area contributed by atoms with Gasteiger partial charge in [0.1, 0.15) is 12.1 Å². The van der Waals surface area contributed by atoms with E-state index in [1.165, 1.54) is 12.1 Å². The zero-order chi connectivity index (χ0) is 30.4. The summed E-state index contributed by atoms with van der Waals surface area (Å²) in [6.07, 6.45) is 1.31. The van der Waals surface area contributed by atoms with Gasteiger partial charge in [0.05, 0.1) is 18.4 Å². The molecule has 1 aromatic rings. The van der Waals surface area contributed by atoms with Gasteiger partial charge in [0.15, 0.2) is 11.5 Å². The van der Waals surface area contributed by atoms with Crippen molar-refractivity contribution in [2.24, 2.45) is 23.7 Å². The molecule has 1 aromatic carbocycles. The van der Waals surface area contributed by atoms with Crippen LogP contribution in [0.5, 0.6) is 11.5 Å². The van der Waals surface area contributed by atoms with Gasteiger partial charge in [-0.05, 0) is 49.3 Å². The lowest BCUT2D eigenvalue weighted by molar-refractivity contribution is -0.142. The van der Waals surface area contributed by atoms with E-state index in [0.29, 0.717) is 5.56 Å². The Kier molecular flexibility index (Phi) is 15.3. The summed E-state index contributed by atoms with van der Waals surface area (Å²) in [4.78, 5) is 49.1. The first-order chi connectivity index (χ1) is 18.8. The number of aliphatic carboxylic acids is 1. The predicted octanol–water partition coefficient (Wildman–Crippen LogP) is 5.40. The topological polar surface area (TPSA) is 137 Å². The van der Waals surface area contributed by atoms with Crippen molar-refractivity contribution in [1.82, 2.24) is 5.32 Å². The number of ether oxygens (including phenoxy) is 4. The molecule has 2 N–H and O–H groups in total. The van der Waals surface area contributed by atoms with Gasteiger partial charge in [0.25, 0.3) is 0 Å². The lowest BCUT2D eigenvalue weighted by Crippen LogP contribution is -2.42. The van der Waals surface area contributed by atoms with Crippen LogP contribution >= 0.6 is 0 Å². The molecule has 0 saturated heterocycles. The lowest BCUT2D eigenvalue weighted by Gasteiger charge is -2.20. The Balaban J connectivity index is 2.99. The molecular weight excluding hydrogens is 518 g/mol. The molecule has 0 spiro atoms. The summed E-state index contributed by atoms with van der Waals surface area (Å²) < 4.78 is 21.4. The number of carbonyl (C=O) groups excluding carboxylic acids is 3. The van der Waals surface area contributed by atoms with Crippen molar-refractivity contribution in [3.8, 4) is 11.5 Å². The molecule has 10 nitrogen and oxygen atoms in total. The van der Waals surface area contributed by atoms with Crippen LogP contribution in [0.4, 0.5) is 4.79 Å². The SMILES string of the molecule is CCCCCOC(=O)OC(C)CN[C@@H](Cc1ccc(OC(=O)C(C)C(C)C)c(OC(=O)C(C)C(C)C)c1)C(=O)O. The summed E-state index contributed by atoms with van der Waals surface area (Å²) in [5, 5.41) is 12.7. The Morgan fingerprint density at radius 3 is 1.95 bits per heavy atom. The molecule has 0 saturated carbocycles. The number of hydrogen-bond donors (Lipinski definition) is 2. The first-order valence-electron chi connectivity index (χ1n) is 14.1. The molecule has 3 unspecified atom stereocenters. The fourth-order valence-electron chi connectivity index (χ4n) is 3.33. The van der Waals surface area contributed by atoms with Crippen molar-refractivity contribution in [2.45, 2.75) is 93.2 Å². The second-order valence-electron chi connectivity index (χ2n) is 10.9. The van der Waals surface area contributed by atoms with Gasteiger partial charge in [0, 0.05) is 6.54 Å². The lowest BCUT2D eigenvalue weighted by atomic mass is 9.98. The average Bonchev–Trinajstić information content (AvgIpc) is 2.88. The van der Waals surface area contributed by atoms with E-state index in [2.05, 4.69) is 5.32 Å². The summed E-state index contributed by atoms with van der Waals surface area (Å²) in [6.45, 7) is 15.1. The zero-order valence-corrected chi connectivity index (χ0v) is 25.2. The van der Waals surface area contributed by atoms with Gasteiger partial charge >= 0.3 is 24.1 Å². The van der Waals surface area contributed by atoms with Crippen molar-refractivity contribution >= 4 is 24.1 Å². The van der Waals surface area contributed by atoms with Crippen LogP contribution in [0.3, 0.4) is 0 Å². The first kappa shape index (κ1) is 34.9. The third-order valence-electron chi connectivity index (χ3n) is 6.83. The summed E-state index contributed by atoms with van der Waals surface area (Å²) in [5.74, 6) is -2.62. The molecular formula is C30H47NO9. The van der Waals surface area contributed by atoms with Gasteiger partial charge in [-0.3, -0.25) is 14.4 Å². The van der Waals surface area contributed by atoms with Crippen LogP contribution in [0.15, 0.2) is 18.2 Å². The molecule has 10 heteroatoms. The largest absolute Gasteiger partial charge is 0.508 e. The molecule has 0 bridgehead atoms. The molecule has 0 fully saturated rings. The number of hydrogen-bond acceptors (Lipinski definition) is 9. The summed E-state index contributed by atoms with van der Waals surface area (Å²) in [7, 11) is 0. The maximum absolute atomic E-state index is 12.7. The van der Waals surface area contributed by atoms with Gasteiger partial charge in [-0.2, -0.15) is 0 Å². The molecule has 40 heavy (non-hydrogen) atoms. The van der Waals surface area contributed by atoms with Crippen LogP contribution in [0.25, 0.3) is 0 Å². The number of unbranched alkanes of at least 4 members (excludes halogenated alkanes) is 2. The van der Waals surface area contributed by atoms with Gasteiger partial charge in [-0.1, -0.05) is 67.4 Å². The Morgan fingerprint density at radius 1 is 0.850 bits per heavy atom. The highest BCUT2D eigenvalue weighted by atomic mass is 16.7. The molecule has 0 aromatic heterocycles. The number of benzene rings is 1. The van der Waals surface area contributed by atoms with Crippen molar-refractivity contribution in [3.05, 3.63) is 23.8 Å². The molecule has 0 aliphatic heterocycles. The van der Waals surface area contributed by atoms with Crippen LogP contribution in [0.2, 0.25) is 0 Å². The predicted molar refractivity (Wildman–Crippen MR) is 150 cm³/mol. The van der Waals surface area contributed by atoms with E-state index in [4.69, 9.17) is 18.9 Å². The van der Waals surface area contributed by atoms with E-state index >= 15 is 0 Å². The minimum Gasteiger partial charge on any atom is -0.480 e. The smallest absolute Gasteiger partial charge is 0.480 e. The minimum absolute atomic E-state index is 0.0288. The van der Waals surface area contributed by atoms with Gasteiger partial charge in [-0.15, -0.1) is 0 Å². The van der Waals surface area contributed by atoms with Crippen molar-refractivity contribution in [2.75, 3.05) is 13.2 Å². The molecule has 0 amide bonds. The Morgan fingerprint density at radius 2 is 1.43 bits per heavy atom.